The van der Waals surface area contributed by atoms with Crippen LogP contribution >= 0.6 is 11.3 Å². The topological polar surface area (TPSA) is 72.2 Å². The largest absolute Gasteiger partial charge is 0.354 e. The summed E-state index contributed by atoms with van der Waals surface area (Å²) in [6.45, 7) is 2.40. The Morgan fingerprint density at radius 1 is 1.25 bits per heavy atom. The van der Waals surface area contributed by atoms with E-state index in [1.807, 2.05) is 36.6 Å². The summed E-state index contributed by atoms with van der Waals surface area (Å²) in [5.74, 6) is 0.304. The highest BCUT2D eigenvalue weighted by molar-refractivity contribution is 7.12. The molecule has 126 valence electrons. The number of hydrogen-bond acceptors (Lipinski definition) is 4. The van der Waals surface area contributed by atoms with Gasteiger partial charge in [-0.1, -0.05) is 30.3 Å². The predicted octanol–water partition coefficient (Wildman–Crippen LogP) is 2.94. The zero-order valence-electron chi connectivity index (χ0n) is 13.7. The molecule has 1 fully saturated rings. The van der Waals surface area contributed by atoms with E-state index in [0.29, 0.717) is 18.0 Å². The SMILES string of the molecule is CC(C(=O)NCC(N)C1CC1)c1ccc(C(=O)c2cccs2)cc1. The molecular weight excluding hydrogens is 320 g/mol. The van der Waals surface area contributed by atoms with Crippen molar-refractivity contribution < 1.29 is 9.59 Å². The average Bonchev–Trinajstić information content (AvgIpc) is 3.32. The summed E-state index contributed by atoms with van der Waals surface area (Å²) in [6, 6.07) is 11.0. The van der Waals surface area contributed by atoms with Gasteiger partial charge in [0.05, 0.1) is 10.8 Å². The highest BCUT2D eigenvalue weighted by atomic mass is 32.1. The van der Waals surface area contributed by atoms with Gasteiger partial charge in [0.2, 0.25) is 11.7 Å². The van der Waals surface area contributed by atoms with Crippen LogP contribution in [0, 0.1) is 5.92 Å². The van der Waals surface area contributed by atoms with E-state index in [9.17, 15) is 9.59 Å². The van der Waals surface area contributed by atoms with Gasteiger partial charge in [0, 0.05) is 18.2 Å². The average molecular weight is 342 g/mol. The number of nitrogens with one attached hydrogen (secondary N) is 1. The lowest BCUT2D eigenvalue weighted by atomic mass is 9.97. The van der Waals surface area contributed by atoms with Crippen LogP contribution in [-0.4, -0.2) is 24.3 Å². The molecule has 24 heavy (non-hydrogen) atoms. The summed E-state index contributed by atoms with van der Waals surface area (Å²) in [5, 5.41) is 4.82. The lowest BCUT2D eigenvalue weighted by molar-refractivity contribution is -0.122. The molecule has 0 saturated heterocycles. The van der Waals surface area contributed by atoms with Gasteiger partial charge in [0.15, 0.2) is 0 Å². The molecule has 0 aliphatic heterocycles. The minimum atomic E-state index is -0.262. The molecule has 3 N–H and O–H groups in total. The van der Waals surface area contributed by atoms with Crippen molar-refractivity contribution in [3.8, 4) is 0 Å². The highest BCUT2D eigenvalue weighted by Crippen LogP contribution is 2.31. The van der Waals surface area contributed by atoms with Crippen LogP contribution in [0.25, 0.3) is 0 Å². The van der Waals surface area contributed by atoms with Crippen LogP contribution in [0.15, 0.2) is 41.8 Å². The van der Waals surface area contributed by atoms with Crippen LogP contribution in [-0.2, 0) is 4.79 Å². The minimum Gasteiger partial charge on any atom is -0.354 e. The lowest BCUT2D eigenvalue weighted by Gasteiger charge is -2.16. The Morgan fingerprint density at radius 3 is 2.54 bits per heavy atom. The maximum Gasteiger partial charge on any atom is 0.227 e. The van der Waals surface area contributed by atoms with E-state index < -0.39 is 0 Å². The van der Waals surface area contributed by atoms with E-state index in [-0.39, 0.29) is 23.7 Å². The van der Waals surface area contributed by atoms with Crippen LogP contribution in [0.3, 0.4) is 0 Å². The molecule has 5 heteroatoms. The van der Waals surface area contributed by atoms with E-state index in [0.717, 1.165) is 10.4 Å². The van der Waals surface area contributed by atoms with Gasteiger partial charge in [-0.15, -0.1) is 11.3 Å². The Kier molecular flexibility index (Phi) is 5.11. The van der Waals surface area contributed by atoms with Crippen molar-refractivity contribution in [1.29, 1.82) is 0 Å². The van der Waals surface area contributed by atoms with Crippen molar-refractivity contribution in [2.75, 3.05) is 6.54 Å². The molecule has 3 rings (SSSR count). The van der Waals surface area contributed by atoms with Crippen molar-refractivity contribution in [3.63, 3.8) is 0 Å². The van der Waals surface area contributed by atoms with Gasteiger partial charge in [-0.2, -0.15) is 0 Å². The first-order chi connectivity index (χ1) is 11.6. The summed E-state index contributed by atoms with van der Waals surface area (Å²) in [5.41, 5.74) is 7.56. The van der Waals surface area contributed by atoms with Crippen molar-refractivity contribution in [3.05, 3.63) is 57.8 Å². The third-order valence-corrected chi connectivity index (χ3v) is 5.42. The molecule has 0 radical (unpaired) electrons. The lowest BCUT2D eigenvalue weighted by Crippen LogP contribution is -2.40. The highest BCUT2D eigenvalue weighted by Gasteiger charge is 2.29. The third kappa shape index (κ3) is 3.91. The van der Waals surface area contributed by atoms with Crippen molar-refractivity contribution >= 4 is 23.0 Å². The summed E-state index contributed by atoms with van der Waals surface area (Å²) in [7, 11) is 0. The second kappa shape index (κ2) is 7.28. The van der Waals surface area contributed by atoms with Crippen LogP contribution in [0.5, 0.6) is 0 Å². The van der Waals surface area contributed by atoms with Crippen LogP contribution in [0.1, 0.15) is 46.5 Å². The summed E-state index contributed by atoms with van der Waals surface area (Å²) < 4.78 is 0. The smallest absolute Gasteiger partial charge is 0.227 e. The summed E-state index contributed by atoms with van der Waals surface area (Å²) in [4.78, 5) is 25.3. The molecule has 1 heterocycles. The Labute approximate surface area is 146 Å². The molecule has 0 spiro atoms. The van der Waals surface area contributed by atoms with E-state index in [2.05, 4.69) is 5.32 Å². The monoisotopic (exact) mass is 342 g/mol. The summed E-state index contributed by atoms with van der Waals surface area (Å²) >= 11 is 1.43. The minimum absolute atomic E-state index is 0.0176. The molecular formula is C19H22N2O2S. The fourth-order valence-electron chi connectivity index (χ4n) is 2.69. The van der Waals surface area contributed by atoms with Gasteiger partial charge in [0.25, 0.3) is 0 Å². The molecule has 2 unspecified atom stereocenters. The Hall–Kier alpha value is -1.98. The maximum absolute atomic E-state index is 12.3. The van der Waals surface area contributed by atoms with Gasteiger partial charge < -0.3 is 11.1 Å². The number of hydrogen-bond donors (Lipinski definition) is 2. The third-order valence-electron chi connectivity index (χ3n) is 4.55. The van der Waals surface area contributed by atoms with E-state index >= 15 is 0 Å². The van der Waals surface area contributed by atoms with Crippen molar-refractivity contribution in [2.24, 2.45) is 11.7 Å². The number of carbonyl (C=O) groups is 2. The number of amides is 1. The molecule has 1 aliphatic rings. The van der Waals surface area contributed by atoms with Gasteiger partial charge >= 0.3 is 0 Å². The number of carbonyl (C=O) groups excluding carboxylic acids is 2. The first-order valence-electron chi connectivity index (χ1n) is 8.27. The molecule has 1 aromatic heterocycles. The van der Waals surface area contributed by atoms with Crippen LogP contribution in [0.4, 0.5) is 0 Å². The first-order valence-corrected chi connectivity index (χ1v) is 9.15. The zero-order chi connectivity index (χ0) is 17.1. The van der Waals surface area contributed by atoms with Crippen LogP contribution < -0.4 is 11.1 Å². The Bertz CT molecular complexity index is 705. The molecule has 4 nitrogen and oxygen atoms in total. The normalized spacial score (nSPS) is 16.4. The second-order valence-electron chi connectivity index (χ2n) is 6.40. The van der Waals surface area contributed by atoms with E-state index in [4.69, 9.17) is 5.73 Å². The van der Waals surface area contributed by atoms with Gasteiger partial charge in [-0.05, 0) is 42.7 Å². The number of ketones is 1. The van der Waals surface area contributed by atoms with Gasteiger partial charge in [-0.3, -0.25) is 9.59 Å². The first kappa shape index (κ1) is 16.9. The molecule has 2 aromatic rings. The number of rotatable bonds is 7. The van der Waals surface area contributed by atoms with Crippen LogP contribution in [0.2, 0.25) is 0 Å². The quantitative estimate of drug-likeness (QED) is 0.760. The van der Waals surface area contributed by atoms with Gasteiger partial charge in [-0.25, -0.2) is 0 Å². The zero-order valence-corrected chi connectivity index (χ0v) is 14.5. The van der Waals surface area contributed by atoms with Crippen molar-refractivity contribution in [1.82, 2.24) is 5.32 Å². The fraction of sp³-hybridized carbons (Fsp3) is 0.368. The van der Waals surface area contributed by atoms with E-state index in [1.54, 1.807) is 12.1 Å². The molecule has 0 bridgehead atoms. The molecule has 1 amide bonds. The Morgan fingerprint density at radius 2 is 1.96 bits per heavy atom. The Balaban J connectivity index is 1.59. The van der Waals surface area contributed by atoms with Crippen molar-refractivity contribution in [2.45, 2.75) is 31.7 Å². The molecule has 2 atom stereocenters. The van der Waals surface area contributed by atoms with E-state index in [1.165, 1.54) is 24.2 Å². The number of thiophene rings is 1. The predicted molar refractivity (Wildman–Crippen MR) is 96.3 cm³/mol. The fourth-order valence-corrected chi connectivity index (χ4v) is 3.37. The molecule has 1 aliphatic carbocycles. The number of nitrogens with two attached hydrogens (primary N) is 1. The summed E-state index contributed by atoms with van der Waals surface area (Å²) in [6.07, 6.45) is 2.35. The molecule has 1 saturated carbocycles. The number of benzene rings is 1. The van der Waals surface area contributed by atoms with Gasteiger partial charge in [0.1, 0.15) is 0 Å². The maximum atomic E-state index is 12.3. The molecule has 1 aromatic carbocycles. The second-order valence-corrected chi connectivity index (χ2v) is 7.34. The standard InChI is InChI=1S/C19H22N2O2S/c1-12(19(23)21-11-16(20)14-6-7-14)13-4-8-15(9-5-13)18(22)17-3-2-10-24-17/h2-5,8-10,12,14,16H,6-7,11,20H2,1H3,(H,21,23).